The molecule has 1 fully saturated rings. The SMILES string of the molecule is C[N+](C)=C(N1CCOCC1)n1n[n+]([O-])c2cc(Cl)ccc21. The highest BCUT2D eigenvalue weighted by atomic mass is 35.5. The topological polar surface area (TPSA) is 60.2 Å². The zero-order chi connectivity index (χ0) is 15.0. The van der Waals surface area contributed by atoms with Crippen molar-refractivity contribution in [3.63, 3.8) is 0 Å². The molecular weight excluding hydrogens is 294 g/mol. The van der Waals surface area contributed by atoms with E-state index in [9.17, 15) is 5.21 Å². The predicted molar refractivity (Wildman–Crippen MR) is 78.6 cm³/mol. The van der Waals surface area contributed by atoms with Crippen molar-refractivity contribution in [2.75, 3.05) is 40.4 Å². The third kappa shape index (κ3) is 2.54. The third-order valence-corrected chi connectivity index (χ3v) is 3.66. The third-order valence-electron chi connectivity index (χ3n) is 3.43. The molecule has 0 spiro atoms. The largest absolute Gasteiger partial charge is 0.691 e. The Bertz CT molecular complexity index is 702. The van der Waals surface area contributed by atoms with Gasteiger partial charge in [0.25, 0.3) is 0 Å². The summed E-state index contributed by atoms with van der Waals surface area (Å²) in [5.74, 6) is 0.847. The molecule has 0 aliphatic carbocycles. The molecule has 0 N–H and O–H groups in total. The van der Waals surface area contributed by atoms with Gasteiger partial charge >= 0.3 is 5.96 Å². The molecule has 2 heterocycles. The summed E-state index contributed by atoms with van der Waals surface area (Å²) < 4.78 is 8.99. The van der Waals surface area contributed by atoms with Crippen molar-refractivity contribution in [3.05, 3.63) is 28.4 Å². The van der Waals surface area contributed by atoms with E-state index in [4.69, 9.17) is 16.3 Å². The Morgan fingerprint density at radius 3 is 2.76 bits per heavy atom. The van der Waals surface area contributed by atoms with Crippen molar-refractivity contribution in [3.8, 4) is 0 Å². The van der Waals surface area contributed by atoms with Gasteiger partial charge in [-0.25, -0.2) is 0 Å². The first-order valence-electron chi connectivity index (χ1n) is 6.73. The lowest BCUT2D eigenvalue weighted by Gasteiger charge is -2.23. The maximum absolute atomic E-state index is 12.0. The van der Waals surface area contributed by atoms with Crippen LogP contribution >= 0.6 is 11.6 Å². The van der Waals surface area contributed by atoms with Gasteiger partial charge in [0.2, 0.25) is 11.0 Å². The maximum Gasteiger partial charge on any atom is 0.412 e. The van der Waals surface area contributed by atoms with Gasteiger partial charge in [0, 0.05) is 11.1 Å². The molecule has 1 aromatic carbocycles. The van der Waals surface area contributed by atoms with E-state index >= 15 is 0 Å². The molecule has 0 unspecified atom stereocenters. The fraction of sp³-hybridized carbons (Fsp3) is 0.462. The number of rotatable bonds is 0. The van der Waals surface area contributed by atoms with Gasteiger partial charge in [0.05, 0.1) is 40.4 Å². The average molecular weight is 311 g/mol. The molecule has 1 aliphatic rings. The number of morpholine rings is 1. The lowest BCUT2D eigenvalue weighted by atomic mass is 10.3. The first-order valence-corrected chi connectivity index (χ1v) is 7.11. The van der Waals surface area contributed by atoms with Crippen LogP contribution in [0.25, 0.3) is 11.0 Å². The molecule has 8 heteroatoms. The zero-order valence-corrected chi connectivity index (χ0v) is 12.7. The summed E-state index contributed by atoms with van der Waals surface area (Å²) in [6.07, 6.45) is 0. The molecule has 1 aliphatic heterocycles. The van der Waals surface area contributed by atoms with Gasteiger partial charge in [-0.3, -0.25) is 9.48 Å². The van der Waals surface area contributed by atoms with Crippen molar-refractivity contribution in [1.82, 2.24) is 14.8 Å². The van der Waals surface area contributed by atoms with Crippen LogP contribution in [-0.2, 0) is 4.74 Å². The Labute approximate surface area is 127 Å². The highest BCUT2D eigenvalue weighted by Crippen LogP contribution is 2.16. The Hall–Kier alpha value is -1.86. The first kappa shape index (κ1) is 14.1. The molecule has 1 aromatic heterocycles. The Morgan fingerprint density at radius 2 is 2.10 bits per heavy atom. The van der Waals surface area contributed by atoms with E-state index in [1.54, 1.807) is 16.8 Å². The van der Waals surface area contributed by atoms with Crippen LogP contribution in [0.3, 0.4) is 0 Å². The Balaban J connectivity index is 2.14. The van der Waals surface area contributed by atoms with Crippen LogP contribution in [0, 0.1) is 5.21 Å². The molecule has 0 atom stereocenters. The number of ether oxygens (including phenoxy) is 1. The van der Waals surface area contributed by atoms with Crippen molar-refractivity contribution in [2.45, 2.75) is 0 Å². The minimum atomic E-state index is 0.454. The summed E-state index contributed by atoms with van der Waals surface area (Å²) in [5.41, 5.74) is 1.18. The van der Waals surface area contributed by atoms with Crippen molar-refractivity contribution >= 4 is 28.6 Å². The van der Waals surface area contributed by atoms with E-state index in [-0.39, 0.29) is 0 Å². The molecule has 2 aromatic rings. The van der Waals surface area contributed by atoms with Crippen LogP contribution < -0.4 is 4.85 Å². The monoisotopic (exact) mass is 310 g/mol. The molecule has 1 saturated heterocycles. The highest BCUT2D eigenvalue weighted by molar-refractivity contribution is 6.31. The summed E-state index contributed by atoms with van der Waals surface area (Å²) in [4.78, 5) is 2.76. The molecular formula is C13H17ClN5O2+. The molecule has 3 rings (SSSR count). The number of nitrogens with zero attached hydrogens (tertiary/aromatic N) is 5. The number of hydrogen-bond donors (Lipinski definition) is 0. The normalized spacial score (nSPS) is 15.5. The van der Waals surface area contributed by atoms with E-state index < -0.39 is 0 Å². The fourth-order valence-electron chi connectivity index (χ4n) is 2.52. The van der Waals surface area contributed by atoms with Gasteiger partial charge in [-0.15, -0.1) is 4.85 Å². The first-order chi connectivity index (χ1) is 10.1. The smallest absolute Gasteiger partial charge is 0.412 e. The summed E-state index contributed by atoms with van der Waals surface area (Å²) in [6.45, 7) is 2.86. The quantitative estimate of drug-likeness (QED) is 0.300. The average Bonchev–Trinajstić information content (AvgIpc) is 2.77. The van der Waals surface area contributed by atoms with Crippen LogP contribution in [0.5, 0.6) is 0 Å². The summed E-state index contributed by atoms with van der Waals surface area (Å²) >= 11 is 5.96. The van der Waals surface area contributed by atoms with E-state index in [1.807, 2.05) is 24.7 Å². The van der Waals surface area contributed by atoms with E-state index in [0.717, 1.165) is 24.6 Å². The lowest BCUT2D eigenvalue weighted by molar-refractivity contribution is -0.645. The number of aromatic nitrogens is 3. The number of halogens is 1. The standard InChI is InChI=1S/C13H17ClN5O2/c1-16(2)13(17-5-7-21-8-6-17)18-11-4-3-10(14)9-12(11)19(20)15-18/h3-4,9H,5-8H2,1-2H3/q+1. The second-order valence-corrected chi connectivity index (χ2v) is 5.54. The van der Waals surface area contributed by atoms with Gasteiger partial charge in [0.1, 0.15) is 5.21 Å². The van der Waals surface area contributed by atoms with Gasteiger partial charge in [-0.2, -0.15) is 0 Å². The lowest BCUT2D eigenvalue weighted by Crippen LogP contribution is -2.48. The maximum atomic E-state index is 12.0. The molecule has 21 heavy (non-hydrogen) atoms. The molecule has 0 amide bonds. The molecule has 0 bridgehead atoms. The van der Waals surface area contributed by atoms with Gasteiger partial charge in [0.15, 0.2) is 0 Å². The minimum Gasteiger partial charge on any atom is -0.691 e. The van der Waals surface area contributed by atoms with E-state index in [2.05, 4.69) is 10.1 Å². The van der Waals surface area contributed by atoms with Crippen LogP contribution in [0.15, 0.2) is 18.2 Å². The van der Waals surface area contributed by atoms with E-state index in [0.29, 0.717) is 28.6 Å². The van der Waals surface area contributed by atoms with Gasteiger partial charge < -0.3 is 9.94 Å². The number of fused-ring (bicyclic) bond motifs is 1. The summed E-state index contributed by atoms with van der Waals surface area (Å²) in [7, 11) is 3.87. The van der Waals surface area contributed by atoms with Crippen LogP contribution in [0.2, 0.25) is 5.02 Å². The second kappa shape index (κ2) is 5.50. The van der Waals surface area contributed by atoms with Gasteiger partial charge in [-0.05, 0) is 16.8 Å². The Morgan fingerprint density at radius 1 is 1.38 bits per heavy atom. The summed E-state index contributed by atoms with van der Waals surface area (Å²) in [6, 6.07) is 5.19. The molecule has 7 nitrogen and oxygen atoms in total. The second-order valence-electron chi connectivity index (χ2n) is 5.10. The Kier molecular flexibility index (Phi) is 3.69. The van der Waals surface area contributed by atoms with Crippen LogP contribution in [-0.4, -0.2) is 65.7 Å². The molecule has 0 saturated carbocycles. The van der Waals surface area contributed by atoms with Crippen LogP contribution in [0.1, 0.15) is 0 Å². The zero-order valence-electron chi connectivity index (χ0n) is 12.0. The highest BCUT2D eigenvalue weighted by Gasteiger charge is 2.31. The molecule has 0 radical (unpaired) electrons. The number of benzene rings is 1. The van der Waals surface area contributed by atoms with E-state index in [1.165, 1.54) is 0 Å². The van der Waals surface area contributed by atoms with Crippen molar-refractivity contribution < 1.29 is 14.2 Å². The van der Waals surface area contributed by atoms with Crippen molar-refractivity contribution in [2.24, 2.45) is 0 Å². The fourth-order valence-corrected chi connectivity index (χ4v) is 2.69. The molecule has 112 valence electrons. The number of hydrogen-bond acceptors (Lipinski definition) is 3. The van der Waals surface area contributed by atoms with Gasteiger partial charge in [-0.1, -0.05) is 11.6 Å². The minimum absolute atomic E-state index is 0.454. The van der Waals surface area contributed by atoms with Crippen LogP contribution in [0.4, 0.5) is 0 Å². The van der Waals surface area contributed by atoms with Crippen molar-refractivity contribution in [1.29, 1.82) is 0 Å². The summed E-state index contributed by atoms with van der Waals surface area (Å²) in [5, 5.41) is 16.6. The predicted octanol–water partition coefficient (Wildman–Crippen LogP) is 0.132.